The van der Waals surface area contributed by atoms with Crippen LogP contribution >= 0.6 is 0 Å². The zero-order valence-electron chi connectivity index (χ0n) is 12.9. The molecule has 0 saturated heterocycles. The van der Waals surface area contributed by atoms with Crippen LogP contribution in [0, 0.1) is 40.9 Å². The summed E-state index contributed by atoms with van der Waals surface area (Å²) in [6, 6.07) is 0. The summed E-state index contributed by atoms with van der Waals surface area (Å²) in [5, 5.41) is 0. The standard InChI is InChI=1S/C18H28O/c1-11(2)12-9-10-14-13-7-5-6-8-15(13)18(3,4)17(19)16(12)14/h5,7,11-16H,6,8-10H2,1-4H3/t12-,13-,14+,15-,16+/m1/s1. The fourth-order valence-electron chi connectivity index (χ4n) is 5.38. The van der Waals surface area contributed by atoms with Crippen LogP contribution < -0.4 is 0 Å². The number of allylic oxidation sites excluding steroid dienone is 2. The SMILES string of the molecule is CC(C)[C@H]1CC[C@H]2[C@H]3C=CCC[C@H]3C(C)(C)C(=O)[C@H]21. The lowest BCUT2D eigenvalue weighted by molar-refractivity contribution is -0.146. The van der Waals surface area contributed by atoms with E-state index < -0.39 is 0 Å². The number of hydrogen-bond donors (Lipinski definition) is 0. The molecule has 0 N–H and O–H groups in total. The van der Waals surface area contributed by atoms with Crippen LogP contribution in [0.1, 0.15) is 53.4 Å². The van der Waals surface area contributed by atoms with Crippen LogP contribution in [0.5, 0.6) is 0 Å². The van der Waals surface area contributed by atoms with Crippen LogP contribution in [0.4, 0.5) is 0 Å². The predicted octanol–water partition coefficient (Wildman–Crippen LogP) is 4.48. The molecule has 2 fully saturated rings. The van der Waals surface area contributed by atoms with Crippen molar-refractivity contribution in [3.05, 3.63) is 12.2 Å². The topological polar surface area (TPSA) is 17.1 Å². The van der Waals surface area contributed by atoms with Gasteiger partial charge in [0.25, 0.3) is 0 Å². The average Bonchev–Trinajstić information content (AvgIpc) is 2.81. The fourth-order valence-corrected chi connectivity index (χ4v) is 5.38. The van der Waals surface area contributed by atoms with Gasteiger partial charge in [0.2, 0.25) is 0 Å². The van der Waals surface area contributed by atoms with Gasteiger partial charge in [0.15, 0.2) is 0 Å². The molecule has 0 aromatic heterocycles. The molecular weight excluding hydrogens is 232 g/mol. The summed E-state index contributed by atoms with van der Waals surface area (Å²) in [5.74, 6) is 4.14. The molecule has 2 saturated carbocycles. The molecule has 0 aromatic rings. The Morgan fingerprint density at radius 1 is 1.21 bits per heavy atom. The maximum absolute atomic E-state index is 13.1. The number of Topliss-reactive ketones (excluding diaryl/α,β-unsaturated/α-hetero) is 1. The molecule has 106 valence electrons. The minimum absolute atomic E-state index is 0.103. The summed E-state index contributed by atoms with van der Waals surface area (Å²) in [5.41, 5.74) is -0.103. The molecule has 0 heterocycles. The zero-order chi connectivity index (χ0) is 13.8. The van der Waals surface area contributed by atoms with Crippen LogP contribution in [-0.2, 0) is 4.79 Å². The lowest BCUT2D eigenvalue weighted by atomic mass is 9.52. The van der Waals surface area contributed by atoms with Crippen LogP contribution in [0.15, 0.2) is 12.2 Å². The van der Waals surface area contributed by atoms with Crippen molar-refractivity contribution in [2.24, 2.45) is 40.9 Å². The van der Waals surface area contributed by atoms with E-state index in [9.17, 15) is 4.79 Å². The number of carbonyl (C=O) groups is 1. The van der Waals surface area contributed by atoms with E-state index >= 15 is 0 Å². The second-order valence-corrected chi connectivity index (χ2v) is 7.95. The molecule has 0 aliphatic heterocycles. The Kier molecular flexibility index (Phi) is 3.15. The molecule has 5 atom stereocenters. The molecule has 1 nitrogen and oxygen atoms in total. The van der Waals surface area contributed by atoms with Gasteiger partial charge in [-0.05, 0) is 55.3 Å². The Hall–Kier alpha value is -0.590. The minimum Gasteiger partial charge on any atom is -0.299 e. The van der Waals surface area contributed by atoms with E-state index in [4.69, 9.17) is 0 Å². The third kappa shape index (κ3) is 1.84. The Balaban J connectivity index is 2.00. The summed E-state index contributed by atoms with van der Waals surface area (Å²) in [7, 11) is 0. The van der Waals surface area contributed by atoms with E-state index in [2.05, 4.69) is 39.8 Å². The third-order valence-electron chi connectivity index (χ3n) is 6.44. The normalized spacial score (nSPS) is 44.3. The van der Waals surface area contributed by atoms with Crippen molar-refractivity contribution in [1.29, 1.82) is 0 Å². The largest absolute Gasteiger partial charge is 0.299 e. The molecule has 0 radical (unpaired) electrons. The van der Waals surface area contributed by atoms with E-state index in [0.717, 1.165) is 0 Å². The van der Waals surface area contributed by atoms with Gasteiger partial charge in [-0.3, -0.25) is 4.79 Å². The van der Waals surface area contributed by atoms with Crippen molar-refractivity contribution in [1.82, 2.24) is 0 Å². The van der Waals surface area contributed by atoms with Gasteiger partial charge in [-0.25, -0.2) is 0 Å². The fraction of sp³-hybridized carbons (Fsp3) is 0.833. The van der Waals surface area contributed by atoms with Crippen molar-refractivity contribution >= 4 is 5.78 Å². The van der Waals surface area contributed by atoms with Gasteiger partial charge < -0.3 is 0 Å². The minimum atomic E-state index is -0.103. The van der Waals surface area contributed by atoms with Crippen LogP contribution in [0.3, 0.4) is 0 Å². The first kappa shape index (κ1) is 13.4. The molecular formula is C18H28O. The second-order valence-electron chi connectivity index (χ2n) is 7.95. The molecule has 3 aliphatic carbocycles. The molecule has 1 heteroatoms. The highest BCUT2D eigenvalue weighted by atomic mass is 16.1. The van der Waals surface area contributed by atoms with Crippen molar-refractivity contribution < 1.29 is 4.79 Å². The summed E-state index contributed by atoms with van der Waals surface area (Å²) in [4.78, 5) is 13.1. The smallest absolute Gasteiger partial charge is 0.142 e. The first-order chi connectivity index (χ1) is 8.94. The van der Waals surface area contributed by atoms with Crippen LogP contribution in [-0.4, -0.2) is 5.78 Å². The highest BCUT2D eigenvalue weighted by molar-refractivity contribution is 5.88. The molecule has 0 unspecified atom stereocenters. The summed E-state index contributed by atoms with van der Waals surface area (Å²) in [6.45, 7) is 9.04. The monoisotopic (exact) mass is 260 g/mol. The van der Waals surface area contributed by atoms with E-state index in [0.29, 0.717) is 41.3 Å². The maximum atomic E-state index is 13.1. The van der Waals surface area contributed by atoms with Gasteiger partial charge >= 0.3 is 0 Å². The molecule has 0 spiro atoms. The van der Waals surface area contributed by atoms with Gasteiger partial charge in [0.05, 0.1) is 0 Å². The molecule has 0 bridgehead atoms. The van der Waals surface area contributed by atoms with Crippen molar-refractivity contribution in [2.45, 2.75) is 53.4 Å². The number of hydrogen-bond acceptors (Lipinski definition) is 1. The summed E-state index contributed by atoms with van der Waals surface area (Å²) in [6.07, 6.45) is 9.76. The first-order valence-corrected chi connectivity index (χ1v) is 8.15. The van der Waals surface area contributed by atoms with Crippen molar-refractivity contribution in [2.75, 3.05) is 0 Å². The van der Waals surface area contributed by atoms with E-state index in [1.807, 2.05) is 0 Å². The quantitative estimate of drug-likeness (QED) is 0.635. The lowest BCUT2D eigenvalue weighted by Gasteiger charge is -2.50. The number of carbonyl (C=O) groups excluding carboxylic acids is 1. The van der Waals surface area contributed by atoms with Gasteiger partial charge in [-0.15, -0.1) is 0 Å². The molecule has 19 heavy (non-hydrogen) atoms. The number of rotatable bonds is 1. The maximum Gasteiger partial charge on any atom is 0.142 e. The summed E-state index contributed by atoms with van der Waals surface area (Å²) < 4.78 is 0. The second kappa shape index (κ2) is 4.46. The van der Waals surface area contributed by atoms with E-state index in [-0.39, 0.29) is 5.41 Å². The number of fused-ring (bicyclic) bond motifs is 3. The molecule has 0 aromatic carbocycles. The van der Waals surface area contributed by atoms with Gasteiger partial charge in [-0.2, -0.15) is 0 Å². The van der Waals surface area contributed by atoms with E-state index in [1.54, 1.807) is 0 Å². The van der Waals surface area contributed by atoms with Crippen molar-refractivity contribution in [3.8, 4) is 0 Å². The molecule has 3 aliphatic rings. The zero-order valence-corrected chi connectivity index (χ0v) is 12.9. The van der Waals surface area contributed by atoms with Crippen LogP contribution in [0.25, 0.3) is 0 Å². The molecule has 3 rings (SSSR count). The Bertz CT molecular complexity index is 404. The highest BCUT2D eigenvalue weighted by Crippen LogP contribution is 2.58. The number of ketones is 1. The highest BCUT2D eigenvalue weighted by Gasteiger charge is 2.57. The van der Waals surface area contributed by atoms with Crippen LogP contribution in [0.2, 0.25) is 0 Å². The Labute approximate surface area is 117 Å². The Morgan fingerprint density at radius 2 is 1.95 bits per heavy atom. The summed E-state index contributed by atoms with van der Waals surface area (Å²) >= 11 is 0. The third-order valence-corrected chi connectivity index (χ3v) is 6.44. The Morgan fingerprint density at radius 3 is 2.63 bits per heavy atom. The average molecular weight is 260 g/mol. The lowest BCUT2D eigenvalue weighted by Crippen LogP contribution is -2.52. The van der Waals surface area contributed by atoms with E-state index in [1.165, 1.54) is 25.7 Å². The van der Waals surface area contributed by atoms with Crippen molar-refractivity contribution in [3.63, 3.8) is 0 Å². The molecule has 0 amide bonds. The predicted molar refractivity (Wildman–Crippen MR) is 78.7 cm³/mol. The van der Waals surface area contributed by atoms with Gasteiger partial charge in [0, 0.05) is 11.3 Å². The van der Waals surface area contributed by atoms with Gasteiger partial charge in [-0.1, -0.05) is 39.8 Å². The van der Waals surface area contributed by atoms with Gasteiger partial charge in [0.1, 0.15) is 5.78 Å². The first-order valence-electron chi connectivity index (χ1n) is 8.15.